The Balaban J connectivity index is 1.09. The normalized spacial score (nSPS) is 11.9. The number of fused-ring (bicyclic) bond motifs is 9. The smallest absolute Gasteiger partial charge is 0.0541 e. The molecule has 12 aromatic rings. The molecule has 12 rings (SSSR count). The molecule has 9 aromatic carbocycles. The Morgan fingerprint density at radius 2 is 0.772 bits per heavy atom. The lowest BCUT2D eigenvalue weighted by molar-refractivity contribution is 1.18. The van der Waals surface area contributed by atoms with Gasteiger partial charge in [0.2, 0.25) is 0 Å². The van der Waals surface area contributed by atoms with Crippen molar-refractivity contribution in [2.45, 2.75) is 0 Å². The van der Waals surface area contributed by atoms with E-state index in [0.29, 0.717) is 0 Å². The van der Waals surface area contributed by atoms with Gasteiger partial charge in [-0.2, -0.15) is 0 Å². The minimum Gasteiger partial charge on any atom is -0.309 e. The van der Waals surface area contributed by atoms with E-state index in [1.54, 1.807) is 0 Å². The highest BCUT2D eigenvalue weighted by Gasteiger charge is 2.18. The molecule has 0 spiro atoms. The molecule has 57 heavy (non-hydrogen) atoms. The van der Waals surface area contributed by atoms with Gasteiger partial charge in [-0.1, -0.05) is 127 Å². The third kappa shape index (κ3) is 5.03. The van der Waals surface area contributed by atoms with Crippen LogP contribution in [0.2, 0.25) is 0 Å². The van der Waals surface area contributed by atoms with Crippen molar-refractivity contribution in [1.82, 2.24) is 9.13 Å². The largest absolute Gasteiger partial charge is 0.309 e. The zero-order valence-electron chi connectivity index (χ0n) is 30.9. The Morgan fingerprint density at radius 1 is 0.281 bits per heavy atom. The number of thiophene rings is 1. The summed E-state index contributed by atoms with van der Waals surface area (Å²) in [5.74, 6) is 0. The van der Waals surface area contributed by atoms with Crippen LogP contribution in [0.4, 0.5) is 0 Å². The number of aromatic nitrogens is 2. The second-order valence-corrected chi connectivity index (χ2v) is 16.0. The monoisotopic (exact) mass is 742 g/mol. The Morgan fingerprint density at radius 3 is 1.53 bits per heavy atom. The molecule has 3 aromatic heterocycles. The van der Waals surface area contributed by atoms with Crippen molar-refractivity contribution in [3.05, 3.63) is 206 Å². The van der Waals surface area contributed by atoms with Gasteiger partial charge in [0, 0.05) is 53.1 Å². The zero-order valence-corrected chi connectivity index (χ0v) is 31.7. The van der Waals surface area contributed by atoms with E-state index in [0.717, 1.165) is 5.69 Å². The predicted molar refractivity (Wildman–Crippen MR) is 244 cm³/mol. The number of rotatable bonds is 5. The molecule has 266 valence electrons. The predicted octanol–water partition coefficient (Wildman–Crippen LogP) is 15.2. The van der Waals surface area contributed by atoms with Crippen LogP contribution in [0.1, 0.15) is 0 Å². The molecule has 0 aliphatic heterocycles. The number of hydrogen-bond acceptors (Lipinski definition) is 1. The van der Waals surface area contributed by atoms with Crippen LogP contribution < -0.4 is 0 Å². The van der Waals surface area contributed by atoms with Gasteiger partial charge in [0.1, 0.15) is 0 Å². The van der Waals surface area contributed by atoms with Crippen LogP contribution in [-0.4, -0.2) is 9.13 Å². The van der Waals surface area contributed by atoms with Crippen LogP contribution in [0.5, 0.6) is 0 Å². The van der Waals surface area contributed by atoms with Crippen molar-refractivity contribution in [1.29, 1.82) is 0 Å². The van der Waals surface area contributed by atoms with Crippen molar-refractivity contribution in [2.24, 2.45) is 0 Å². The fourth-order valence-corrected chi connectivity index (χ4v) is 10.3. The Kier molecular flexibility index (Phi) is 7.13. The number of benzene rings is 9. The molecular formula is C54H34N2S. The molecule has 0 radical (unpaired) electrons. The quantitative estimate of drug-likeness (QED) is 0.166. The van der Waals surface area contributed by atoms with E-state index >= 15 is 0 Å². The molecule has 0 amide bonds. The highest BCUT2D eigenvalue weighted by molar-refractivity contribution is 7.25. The summed E-state index contributed by atoms with van der Waals surface area (Å²) in [7, 11) is 0. The van der Waals surface area contributed by atoms with E-state index in [2.05, 4.69) is 215 Å². The van der Waals surface area contributed by atoms with E-state index in [-0.39, 0.29) is 0 Å². The van der Waals surface area contributed by atoms with Gasteiger partial charge in [0.05, 0.1) is 22.1 Å². The first-order valence-electron chi connectivity index (χ1n) is 19.5. The fraction of sp³-hybridized carbons (Fsp3) is 0. The summed E-state index contributed by atoms with van der Waals surface area (Å²) >= 11 is 1.87. The highest BCUT2D eigenvalue weighted by Crippen LogP contribution is 2.43. The fourth-order valence-electron chi connectivity index (χ4n) is 9.13. The molecule has 0 atom stereocenters. The Hall–Kier alpha value is -7.20. The van der Waals surface area contributed by atoms with Crippen LogP contribution in [0.3, 0.4) is 0 Å². The van der Waals surface area contributed by atoms with Gasteiger partial charge in [0.15, 0.2) is 0 Å². The topological polar surface area (TPSA) is 9.86 Å². The molecule has 0 fully saturated rings. The maximum absolute atomic E-state index is 2.45. The van der Waals surface area contributed by atoms with Crippen LogP contribution in [0.25, 0.3) is 109 Å². The molecule has 0 saturated heterocycles. The first-order valence-corrected chi connectivity index (χ1v) is 20.3. The molecular weight excluding hydrogens is 709 g/mol. The minimum absolute atomic E-state index is 1.15. The van der Waals surface area contributed by atoms with Crippen molar-refractivity contribution < 1.29 is 0 Å². The van der Waals surface area contributed by atoms with Gasteiger partial charge in [0.25, 0.3) is 0 Å². The third-order valence-electron chi connectivity index (χ3n) is 11.7. The lowest BCUT2D eigenvalue weighted by Gasteiger charge is -2.11. The summed E-state index contributed by atoms with van der Waals surface area (Å²) in [6, 6.07) is 75.7. The average Bonchev–Trinajstić information content (AvgIpc) is 3.94. The van der Waals surface area contributed by atoms with E-state index in [1.165, 1.54) is 103 Å². The Labute approximate surface area is 333 Å². The van der Waals surface area contributed by atoms with Gasteiger partial charge >= 0.3 is 0 Å². The Bertz CT molecular complexity index is 3510. The van der Waals surface area contributed by atoms with E-state index in [9.17, 15) is 0 Å². The first-order chi connectivity index (χ1) is 28.3. The molecule has 3 heteroatoms. The standard InChI is InChI=1S/C54H34N2S/c1-3-13-35(14-4-1)36-15-11-18-41(31-36)56-50-29-26-38(37-25-28-49-45(32-37)43-19-7-9-22-48(43)55(49)40-16-5-2-6-17-40)33-46(50)47-34-39(27-30-51(47)56)42-21-12-24-53-54(42)44-20-8-10-23-52(44)57-53/h1-34H. The second kappa shape index (κ2) is 12.7. The zero-order chi connectivity index (χ0) is 37.5. The third-order valence-corrected chi connectivity index (χ3v) is 12.8. The van der Waals surface area contributed by atoms with Crippen molar-refractivity contribution in [3.63, 3.8) is 0 Å². The summed E-state index contributed by atoms with van der Waals surface area (Å²) in [5, 5.41) is 7.65. The maximum Gasteiger partial charge on any atom is 0.0541 e. The van der Waals surface area contributed by atoms with Gasteiger partial charge < -0.3 is 9.13 Å². The lowest BCUT2D eigenvalue weighted by atomic mass is 9.97. The molecule has 0 bridgehead atoms. The van der Waals surface area contributed by atoms with Crippen LogP contribution in [-0.2, 0) is 0 Å². The molecule has 0 aliphatic rings. The first kappa shape index (κ1) is 32.1. The molecule has 0 saturated carbocycles. The SMILES string of the molecule is c1ccc(-c2cccc(-n3c4ccc(-c5ccc6c(c5)c5ccccc5n6-c5ccccc5)cc4c4cc(-c5cccc6sc7ccccc7c56)ccc43)c2)cc1. The molecule has 0 aliphatic carbocycles. The summed E-state index contributed by atoms with van der Waals surface area (Å²) < 4.78 is 7.47. The number of nitrogens with zero attached hydrogens (tertiary/aromatic N) is 2. The van der Waals surface area contributed by atoms with Crippen molar-refractivity contribution in [3.8, 4) is 44.8 Å². The molecule has 0 N–H and O–H groups in total. The van der Waals surface area contributed by atoms with Crippen molar-refractivity contribution >= 4 is 75.1 Å². The summed E-state index contributed by atoms with van der Waals surface area (Å²) in [6.45, 7) is 0. The van der Waals surface area contributed by atoms with Crippen molar-refractivity contribution in [2.75, 3.05) is 0 Å². The molecule has 2 nitrogen and oxygen atoms in total. The highest BCUT2D eigenvalue weighted by atomic mass is 32.1. The summed E-state index contributed by atoms with van der Waals surface area (Å²) in [6.07, 6.45) is 0. The number of hydrogen-bond donors (Lipinski definition) is 0. The molecule has 3 heterocycles. The number of para-hydroxylation sites is 2. The van der Waals surface area contributed by atoms with Gasteiger partial charge in [-0.25, -0.2) is 0 Å². The maximum atomic E-state index is 2.45. The second-order valence-electron chi connectivity index (χ2n) is 14.9. The lowest BCUT2D eigenvalue weighted by Crippen LogP contribution is -1.94. The van der Waals surface area contributed by atoms with Crippen LogP contribution in [0.15, 0.2) is 206 Å². The van der Waals surface area contributed by atoms with E-state index < -0.39 is 0 Å². The van der Waals surface area contributed by atoms with Gasteiger partial charge in [-0.05, 0) is 112 Å². The summed E-state index contributed by atoms with van der Waals surface area (Å²) in [4.78, 5) is 0. The summed E-state index contributed by atoms with van der Waals surface area (Å²) in [5.41, 5.74) is 14.5. The minimum atomic E-state index is 1.15. The van der Waals surface area contributed by atoms with Gasteiger partial charge in [-0.3, -0.25) is 0 Å². The van der Waals surface area contributed by atoms with Gasteiger partial charge in [-0.15, -0.1) is 11.3 Å². The molecule has 0 unspecified atom stereocenters. The van der Waals surface area contributed by atoms with Crippen LogP contribution >= 0.6 is 11.3 Å². The average molecular weight is 743 g/mol. The van der Waals surface area contributed by atoms with E-state index in [4.69, 9.17) is 0 Å². The van der Waals surface area contributed by atoms with Crippen LogP contribution in [0, 0.1) is 0 Å². The van der Waals surface area contributed by atoms with E-state index in [1.807, 2.05) is 11.3 Å².